The molecule has 2 aromatic heterocycles. The van der Waals surface area contributed by atoms with Crippen molar-refractivity contribution in [3.8, 4) is 40.5 Å². The highest BCUT2D eigenvalue weighted by atomic mass is 35.5. The molecule has 0 saturated carbocycles. The minimum absolute atomic E-state index is 0.0238. The maximum Gasteiger partial charge on any atom is 0.226 e. The van der Waals surface area contributed by atoms with Gasteiger partial charge in [0.15, 0.2) is 11.6 Å². The zero-order chi connectivity index (χ0) is 27.4. The summed E-state index contributed by atoms with van der Waals surface area (Å²) in [4.78, 5) is 8.67. The van der Waals surface area contributed by atoms with Crippen LogP contribution in [0, 0.1) is 41.2 Å². The molecule has 2 heterocycles. The molecule has 0 aliphatic carbocycles. The van der Waals surface area contributed by atoms with Crippen LogP contribution in [0.1, 0.15) is 22.6 Å². The van der Waals surface area contributed by atoms with Gasteiger partial charge in [0.2, 0.25) is 5.89 Å². The molecule has 0 radical (unpaired) electrons. The van der Waals surface area contributed by atoms with Crippen molar-refractivity contribution in [2.45, 2.75) is 17.7 Å². The van der Waals surface area contributed by atoms with Gasteiger partial charge >= 0.3 is 0 Å². The van der Waals surface area contributed by atoms with Crippen LogP contribution >= 0.6 is 23.4 Å². The highest BCUT2D eigenvalue weighted by Gasteiger charge is 2.23. The fourth-order valence-electron chi connectivity index (χ4n) is 3.57. The van der Waals surface area contributed by atoms with E-state index in [0.717, 1.165) is 17.8 Å². The highest BCUT2D eigenvalue weighted by Crippen LogP contribution is 2.38. The van der Waals surface area contributed by atoms with Crippen molar-refractivity contribution in [1.82, 2.24) is 9.97 Å². The molecule has 0 aliphatic rings. The number of aryl methyl sites for hydroxylation is 1. The number of nitrogen functional groups attached to an aromatic ring is 1. The number of nitrogens with two attached hydrogens (primary N) is 1. The van der Waals surface area contributed by atoms with E-state index in [4.69, 9.17) is 31.6 Å². The van der Waals surface area contributed by atoms with Crippen LogP contribution in [0.4, 0.5) is 14.6 Å². The Hall–Kier alpha value is -4.16. The van der Waals surface area contributed by atoms with Gasteiger partial charge in [-0.2, -0.15) is 10.5 Å². The third-order valence-corrected chi connectivity index (χ3v) is 6.68. The Balaban J connectivity index is 1.69. The number of pyridine rings is 1. The fraction of sp³-hybridized carbons (Fsp3) is 0.154. The number of oxazole rings is 1. The molecule has 192 valence electrons. The molecule has 8 nitrogen and oxygen atoms in total. The molecule has 0 bridgehead atoms. The van der Waals surface area contributed by atoms with Crippen LogP contribution in [-0.4, -0.2) is 28.3 Å². The molecule has 0 aliphatic heterocycles. The second kappa shape index (κ2) is 11.5. The van der Waals surface area contributed by atoms with Gasteiger partial charge in [-0.05, 0) is 42.8 Å². The zero-order valence-electron chi connectivity index (χ0n) is 19.8. The quantitative estimate of drug-likeness (QED) is 0.265. The third kappa shape index (κ3) is 5.41. The summed E-state index contributed by atoms with van der Waals surface area (Å²) in [6.07, 6.45) is 0. The van der Waals surface area contributed by atoms with E-state index in [9.17, 15) is 19.3 Å². The summed E-state index contributed by atoms with van der Waals surface area (Å²) in [6, 6.07) is 12.1. The lowest BCUT2D eigenvalue weighted by Gasteiger charge is -2.14. The summed E-state index contributed by atoms with van der Waals surface area (Å²) < 4.78 is 39.4. The van der Waals surface area contributed by atoms with Crippen LogP contribution < -0.4 is 10.5 Å². The average Bonchev–Trinajstić information content (AvgIpc) is 3.28. The lowest BCUT2D eigenvalue weighted by Crippen LogP contribution is -2.05. The molecular formula is C26H18ClF2N5O3S. The van der Waals surface area contributed by atoms with E-state index < -0.39 is 11.6 Å². The number of ether oxygens (including phenoxy) is 1. The number of thioether (sulfide) groups is 1. The first-order valence-electron chi connectivity index (χ1n) is 11.0. The molecule has 4 aromatic rings. The molecule has 3 N–H and O–H groups in total. The molecule has 0 unspecified atom stereocenters. The molecule has 0 amide bonds. The second-order valence-electron chi connectivity index (χ2n) is 7.81. The first-order valence-corrected chi connectivity index (χ1v) is 12.4. The highest BCUT2D eigenvalue weighted by molar-refractivity contribution is 7.98. The van der Waals surface area contributed by atoms with Gasteiger partial charge < -0.3 is 20.0 Å². The number of aromatic nitrogens is 2. The Morgan fingerprint density at radius 2 is 1.79 bits per heavy atom. The monoisotopic (exact) mass is 553 g/mol. The minimum atomic E-state index is -0.738. The Kier molecular flexibility index (Phi) is 8.13. The lowest BCUT2D eigenvalue weighted by molar-refractivity contribution is 0.196. The summed E-state index contributed by atoms with van der Waals surface area (Å²) in [6.45, 7) is 1.31. The largest absolute Gasteiger partial charge is 0.488 e. The number of halogens is 3. The number of benzene rings is 2. The topological polar surface area (TPSA) is 142 Å². The molecule has 0 atom stereocenters. The van der Waals surface area contributed by atoms with E-state index in [1.807, 2.05) is 6.07 Å². The van der Waals surface area contributed by atoms with Crippen LogP contribution in [0.5, 0.6) is 5.75 Å². The molecule has 0 saturated heterocycles. The van der Waals surface area contributed by atoms with Gasteiger partial charge in [0.05, 0.1) is 22.9 Å². The van der Waals surface area contributed by atoms with E-state index >= 15 is 0 Å². The van der Waals surface area contributed by atoms with Crippen molar-refractivity contribution in [2.75, 3.05) is 18.9 Å². The van der Waals surface area contributed by atoms with Gasteiger partial charge in [0.1, 0.15) is 46.7 Å². The molecule has 2 aromatic carbocycles. The number of nitrogens with zero attached hydrogens (tertiary/aromatic N) is 4. The summed E-state index contributed by atoms with van der Waals surface area (Å²) in [5.41, 5.74) is 7.30. The van der Waals surface area contributed by atoms with Crippen LogP contribution in [-0.2, 0) is 5.75 Å². The predicted molar refractivity (Wildman–Crippen MR) is 137 cm³/mol. The van der Waals surface area contributed by atoms with Crippen molar-refractivity contribution >= 4 is 29.2 Å². The SMILES string of the molecule is Cc1oc(-c2ccc(Cl)c(F)c2)nc1CSc1nc(N)c(C#N)c(-c2ccc(OCCO)c(F)c2)c1C#N. The smallest absolute Gasteiger partial charge is 0.226 e. The van der Waals surface area contributed by atoms with Gasteiger partial charge in [0, 0.05) is 16.9 Å². The molecule has 0 fully saturated rings. The standard InChI is InChI=1S/C26H18ClF2N5O3S/c1-13-21(33-25(37-13)15-2-4-18(27)19(28)9-15)12-38-26-17(11-31)23(16(10-30)24(32)34-26)14-3-5-22(20(29)8-14)36-7-6-35/h2-5,8-9,35H,6-7,12H2,1H3,(H2,32,34). The van der Waals surface area contributed by atoms with Crippen LogP contribution in [0.2, 0.25) is 5.02 Å². The Morgan fingerprint density at radius 1 is 1.08 bits per heavy atom. The number of hydrogen-bond donors (Lipinski definition) is 2. The Labute approximate surface area is 225 Å². The average molecular weight is 554 g/mol. The van der Waals surface area contributed by atoms with E-state index in [0.29, 0.717) is 17.0 Å². The normalized spacial score (nSPS) is 10.7. The van der Waals surface area contributed by atoms with E-state index in [1.165, 1.54) is 24.3 Å². The van der Waals surface area contributed by atoms with Crippen molar-refractivity contribution in [1.29, 1.82) is 10.5 Å². The van der Waals surface area contributed by atoms with Crippen LogP contribution in [0.3, 0.4) is 0 Å². The first kappa shape index (κ1) is 26.9. The van der Waals surface area contributed by atoms with E-state index in [2.05, 4.69) is 16.0 Å². The van der Waals surface area contributed by atoms with Crippen molar-refractivity contribution < 1.29 is 23.0 Å². The predicted octanol–water partition coefficient (Wildman–Crippen LogP) is 5.63. The van der Waals surface area contributed by atoms with Crippen molar-refractivity contribution in [3.05, 3.63) is 75.6 Å². The van der Waals surface area contributed by atoms with Gasteiger partial charge in [-0.1, -0.05) is 29.4 Å². The number of rotatable bonds is 8. The van der Waals surface area contributed by atoms with Gasteiger partial charge in [0.25, 0.3) is 0 Å². The van der Waals surface area contributed by atoms with Crippen molar-refractivity contribution in [2.24, 2.45) is 0 Å². The third-order valence-electron chi connectivity index (χ3n) is 5.39. The van der Waals surface area contributed by atoms with Crippen LogP contribution in [0.15, 0.2) is 45.8 Å². The zero-order valence-corrected chi connectivity index (χ0v) is 21.3. The summed E-state index contributed by atoms with van der Waals surface area (Å²) >= 11 is 6.88. The lowest BCUT2D eigenvalue weighted by atomic mass is 9.96. The Morgan fingerprint density at radius 3 is 2.45 bits per heavy atom. The number of aliphatic hydroxyl groups excluding tert-OH is 1. The van der Waals surface area contributed by atoms with E-state index in [-0.39, 0.29) is 68.7 Å². The Bertz CT molecular complexity index is 1610. The minimum Gasteiger partial charge on any atom is -0.488 e. The summed E-state index contributed by atoms with van der Waals surface area (Å²) in [7, 11) is 0. The van der Waals surface area contributed by atoms with Gasteiger partial charge in [-0.25, -0.2) is 18.7 Å². The summed E-state index contributed by atoms with van der Waals surface area (Å²) in [5.74, 6) is -0.680. The van der Waals surface area contributed by atoms with Crippen molar-refractivity contribution in [3.63, 3.8) is 0 Å². The number of anilines is 1. The number of nitriles is 2. The molecule has 12 heteroatoms. The maximum absolute atomic E-state index is 14.7. The molecule has 4 rings (SSSR count). The number of hydrogen-bond acceptors (Lipinski definition) is 9. The summed E-state index contributed by atoms with van der Waals surface area (Å²) in [5, 5.41) is 28.8. The first-order chi connectivity index (χ1) is 18.3. The molecular weight excluding hydrogens is 536 g/mol. The second-order valence-corrected chi connectivity index (χ2v) is 9.18. The van der Waals surface area contributed by atoms with Crippen LogP contribution in [0.25, 0.3) is 22.6 Å². The number of aliphatic hydroxyl groups is 1. The molecule has 0 spiro atoms. The van der Waals surface area contributed by atoms with E-state index in [1.54, 1.807) is 13.0 Å². The van der Waals surface area contributed by atoms with Gasteiger partial charge in [-0.15, -0.1) is 0 Å². The fourth-order valence-corrected chi connectivity index (χ4v) is 4.69. The molecule has 38 heavy (non-hydrogen) atoms. The van der Waals surface area contributed by atoms with Gasteiger partial charge in [-0.3, -0.25) is 0 Å². The maximum atomic E-state index is 14.7.